The highest BCUT2D eigenvalue weighted by Gasteiger charge is 2.33. The number of rotatable bonds is 6. The highest BCUT2D eigenvalue weighted by molar-refractivity contribution is 5.99. The van der Waals surface area contributed by atoms with Crippen LogP contribution in [0.1, 0.15) is 34.6 Å². The summed E-state index contributed by atoms with van der Waals surface area (Å²) in [6, 6.07) is -1.48. The molecule has 0 saturated carbocycles. The third-order valence-electron chi connectivity index (χ3n) is 1.93. The molecule has 0 amide bonds. The SMILES string of the molecule is CCOC(=O)C(NOC(=O)C(C)(C)C)C(=O)OCC. The highest BCUT2D eigenvalue weighted by Crippen LogP contribution is 2.14. The summed E-state index contributed by atoms with van der Waals surface area (Å²) in [4.78, 5) is 39.3. The molecular weight excluding hydrogens is 254 g/mol. The zero-order chi connectivity index (χ0) is 15.1. The Morgan fingerprint density at radius 2 is 1.42 bits per heavy atom. The largest absolute Gasteiger partial charge is 0.464 e. The zero-order valence-corrected chi connectivity index (χ0v) is 11.9. The highest BCUT2D eigenvalue weighted by atomic mass is 16.7. The van der Waals surface area contributed by atoms with Gasteiger partial charge in [0.15, 0.2) is 0 Å². The predicted octanol–water partition coefficient (Wildman–Crippen LogP) is 0.575. The number of nitrogens with one attached hydrogen (secondary N) is 1. The van der Waals surface area contributed by atoms with Crippen LogP contribution in [0.25, 0.3) is 0 Å². The Kier molecular flexibility index (Phi) is 7.06. The second kappa shape index (κ2) is 7.73. The Bertz CT molecular complexity index is 316. The van der Waals surface area contributed by atoms with E-state index in [1.54, 1.807) is 34.6 Å². The van der Waals surface area contributed by atoms with Crippen molar-refractivity contribution in [3.05, 3.63) is 0 Å². The van der Waals surface area contributed by atoms with Crippen LogP contribution in [-0.2, 0) is 28.7 Å². The van der Waals surface area contributed by atoms with Gasteiger partial charge in [0.05, 0.1) is 18.6 Å². The third kappa shape index (κ3) is 6.19. The topological polar surface area (TPSA) is 90.9 Å². The van der Waals surface area contributed by atoms with Crippen molar-refractivity contribution in [2.24, 2.45) is 5.41 Å². The van der Waals surface area contributed by atoms with Gasteiger partial charge in [0.25, 0.3) is 0 Å². The fourth-order valence-electron chi connectivity index (χ4n) is 0.909. The third-order valence-corrected chi connectivity index (χ3v) is 1.93. The summed E-state index contributed by atoms with van der Waals surface area (Å²) in [6.07, 6.45) is 0. The van der Waals surface area contributed by atoms with E-state index < -0.39 is 29.4 Å². The average molecular weight is 275 g/mol. The van der Waals surface area contributed by atoms with Crippen LogP contribution >= 0.6 is 0 Å². The minimum Gasteiger partial charge on any atom is -0.464 e. The number of carbonyl (C=O) groups excluding carboxylic acids is 3. The fraction of sp³-hybridized carbons (Fsp3) is 0.750. The lowest BCUT2D eigenvalue weighted by Crippen LogP contribution is -2.47. The van der Waals surface area contributed by atoms with Gasteiger partial charge in [-0.25, -0.2) is 14.4 Å². The summed E-state index contributed by atoms with van der Waals surface area (Å²) in [6.45, 7) is 8.32. The molecule has 7 heteroatoms. The standard InChI is InChI=1S/C12H21NO6/c1-6-17-9(14)8(10(15)18-7-2)13-19-11(16)12(3,4)5/h8,13H,6-7H2,1-5H3. The molecule has 0 rings (SSSR count). The van der Waals surface area contributed by atoms with Crippen LogP contribution in [0.15, 0.2) is 0 Å². The minimum atomic E-state index is -1.48. The zero-order valence-electron chi connectivity index (χ0n) is 11.9. The van der Waals surface area contributed by atoms with Crippen LogP contribution in [0, 0.1) is 5.41 Å². The number of hydroxylamine groups is 1. The number of hydrogen-bond donors (Lipinski definition) is 1. The molecule has 1 N–H and O–H groups in total. The molecule has 0 atom stereocenters. The monoisotopic (exact) mass is 275 g/mol. The summed E-state index contributed by atoms with van der Waals surface area (Å²) in [5.41, 5.74) is 1.33. The van der Waals surface area contributed by atoms with Crippen molar-refractivity contribution in [2.45, 2.75) is 40.7 Å². The van der Waals surface area contributed by atoms with Crippen LogP contribution in [0.5, 0.6) is 0 Å². The van der Waals surface area contributed by atoms with E-state index in [0.717, 1.165) is 0 Å². The first-order chi connectivity index (χ1) is 8.73. The van der Waals surface area contributed by atoms with E-state index in [9.17, 15) is 14.4 Å². The number of ether oxygens (including phenoxy) is 2. The molecule has 0 aliphatic heterocycles. The molecule has 19 heavy (non-hydrogen) atoms. The molecule has 0 saturated heterocycles. The molecule has 0 fully saturated rings. The average Bonchev–Trinajstić information content (AvgIpc) is 2.28. The molecule has 0 aliphatic carbocycles. The smallest absolute Gasteiger partial charge is 0.338 e. The molecule has 0 radical (unpaired) electrons. The summed E-state index contributed by atoms with van der Waals surface area (Å²) in [5.74, 6) is -2.32. The van der Waals surface area contributed by atoms with Gasteiger partial charge in [-0.2, -0.15) is 0 Å². The molecule has 0 bridgehead atoms. The molecule has 110 valence electrons. The molecule has 0 unspecified atom stereocenters. The Morgan fingerprint density at radius 3 is 1.74 bits per heavy atom. The van der Waals surface area contributed by atoms with Crippen LogP contribution in [0.3, 0.4) is 0 Å². The molecule has 7 nitrogen and oxygen atoms in total. The van der Waals surface area contributed by atoms with Crippen LogP contribution < -0.4 is 5.48 Å². The first-order valence-corrected chi connectivity index (χ1v) is 6.04. The van der Waals surface area contributed by atoms with E-state index in [0.29, 0.717) is 0 Å². The molecule has 0 spiro atoms. The normalized spacial score (nSPS) is 11.1. The predicted molar refractivity (Wildman–Crippen MR) is 65.7 cm³/mol. The van der Waals surface area contributed by atoms with Crippen molar-refractivity contribution >= 4 is 17.9 Å². The van der Waals surface area contributed by atoms with Crippen molar-refractivity contribution in [3.8, 4) is 0 Å². The van der Waals surface area contributed by atoms with Crippen molar-refractivity contribution in [2.75, 3.05) is 13.2 Å². The van der Waals surface area contributed by atoms with Crippen LogP contribution in [-0.4, -0.2) is 37.2 Å². The lowest BCUT2D eigenvalue weighted by molar-refractivity contribution is -0.173. The summed E-state index contributed by atoms with van der Waals surface area (Å²) < 4.78 is 9.39. The van der Waals surface area contributed by atoms with Gasteiger partial charge in [-0.15, -0.1) is 5.48 Å². The van der Waals surface area contributed by atoms with Crippen molar-refractivity contribution in [3.63, 3.8) is 0 Å². The van der Waals surface area contributed by atoms with Gasteiger partial charge in [0.2, 0.25) is 6.04 Å². The molecule has 0 aromatic heterocycles. The van der Waals surface area contributed by atoms with Gasteiger partial charge in [-0.05, 0) is 34.6 Å². The molecule has 0 aromatic rings. The summed E-state index contributed by atoms with van der Waals surface area (Å²) in [7, 11) is 0. The number of carbonyl (C=O) groups is 3. The number of hydrogen-bond acceptors (Lipinski definition) is 7. The van der Waals surface area contributed by atoms with Gasteiger partial charge in [-0.1, -0.05) is 0 Å². The second-order valence-electron chi connectivity index (χ2n) is 4.69. The van der Waals surface area contributed by atoms with E-state index in [4.69, 9.17) is 14.3 Å². The van der Waals surface area contributed by atoms with Gasteiger partial charge >= 0.3 is 17.9 Å². The maximum absolute atomic E-state index is 11.5. The Morgan fingerprint density at radius 1 is 1.00 bits per heavy atom. The van der Waals surface area contributed by atoms with E-state index in [2.05, 4.69) is 5.48 Å². The maximum Gasteiger partial charge on any atom is 0.338 e. The van der Waals surface area contributed by atoms with Crippen LogP contribution in [0.4, 0.5) is 0 Å². The van der Waals surface area contributed by atoms with Gasteiger partial charge in [-0.3, -0.25) is 0 Å². The second-order valence-corrected chi connectivity index (χ2v) is 4.69. The Labute approximate surface area is 112 Å². The van der Waals surface area contributed by atoms with Gasteiger partial charge < -0.3 is 14.3 Å². The van der Waals surface area contributed by atoms with E-state index in [-0.39, 0.29) is 13.2 Å². The lowest BCUT2D eigenvalue weighted by Gasteiger charge is -2.19. The van der Waals surface area contributed by atoms with Gasteiger partial charge in [0, 0.05) is 0 Å². The Hall–Kier alpha value is -1.63. The molecule has 0 heterocycles. The van der Waals surface area contributed by atoms with E-state index in [1.165, 1.54) is 0 Å². The van der Waals surface area contributed by atoms with Crippen molar-refractivity contribution in [1.29, 1.82) is 0 Å². The summed E-state index contributed by atoms with van der Waals surface area (Å²) in [5, 5.41) is 0. The van der Waals surface area contributed by atoms with E-state index in [1.807, 2.05) is 0 Å². The first-order valence-electron chi connectivity index (χ1n) is 6.04. The quantitative estimate of drug-likeness (QED) is 0.328. The van der Waals surface area contributed by atoms with Crippen molar-refractivity contribution < 1.29 is 28.7 Å². The Balaban J connectivity index is 4.64. The van der Waals surface area contributed by atoms with E-state index >= 15 is 0 Å². The fourth-order valence-corrected chi connectivity index (χ4v) is 0.909. The van der Waals surface area contributed by atoms with Crippen LogP contribution in [0.2, 0.25) is 0 Å². The van der Waals surface area contributed by atoms with Crippen molar-refractivity contribution in [1.82, 2.24) is 5.48 Å². The molecule has 0 aliphatic rings. The lowest BCUT2D eigenvalue weighted by atomic mass is 9.98. The minimum absolute atomic E-state index is 0.101. The maximum atomic E-state index is 11.5. The molecule has 0 aromatic carbocycles. The summed E-state index contributed by atoms with van der Waals surface area (Å²) >= 11 is 0. The van der Waals surface area contributed by atoms with Gasteiger partial charge in [0.1, 0.15) is 0 Å². The first kappa shape index (κ1) is 17.4. The molecular formula is C12H21NO6. The number of esters is 2.